The molecule has 1 aromatic carbocycles. The van der Waals surface area contributed by atoms with Crippen molar-refractivity contribution in [2.24, 2.45) is 0 Å². The van der Waals surface area contributed by atoms with Crippen LogP contribution in [0.3, 0.4) is 0 Å². The molecule has 1 aliphatic rings. The maximum absolute atomic E-state index is 13.1. The summed E-state index contributed by atoms with van der Waals surface area (Å²) in [5.41, 5.74) is 1.66. The summed E-state index contributed by atoms with van der Waals surface area (Å²) in [5.74, 6) is -0.860. The molecule has 0 bridgehead atoms. The molecule has 1 fully saturated rings. The Morgan fingerprint density at radius 1 is 1.19 bits per heavy atom. The number of benzene rings is 1. The molecule has 4 rings (SSSR count). The van der Waals surface area contributed by atoms with Crippen molar-refractivity contribution >= 4 is 6.09 Å². The van der Waals surface area contributed by atoms with Crippen molar-refractivity contribution in [3.05, 3.63) is 72.0 Å². The number of nitrogens with one attached hydrogen (secondary N) is 1. The van der Waals surface area contributed by atoms with Crippen LogP contribution in [0.25, 0.3) is 11.3 Å². The third-order valence-electron chi connectivity index (χ3n) is 5.07. The largest absolute Gasteiger partial charge is 0.465 e. The highest BCUT2D eigenvalue weighted by atomic mass is 19.1. The van der Waals surface area contributed by atoms with Crippen LogP contribution >= 0.6 is 0 Å². The minimum absolute atomic E-state index is 0.359. The van der Waals surface area contributed by atoms with Gasteiger partial charge in [-0.15, -0.1) is 0 Å². The van der Waals surface area contributed by atoms with E-state index >= 15 is 0 Å². The van der Waals surface area contributed by atoms with Crippen molar-refractivity contribution in [2.45, 2.75) is 31.1 Å². The summed E-state index contributed by atoms with van der Waals surface area (Å²) in [6.07, 6.45) is 5.59. The van der Waals surface area contributed by atoms with Crippen LogP contribution < -0.4 is 5.32 Å². The lowest BCUT2D eigenvalue weighted by Crippen LogP contribution is -2.27. The van der Waals surface area contributed by atoms with Crippen LogP contribution in [-0.4, -0.2) is 34.7 Å². The van der Waals surface area contributed by atoms with Gasteiger partial charge in [-0.25, -0.2) is 9.18 Å². The van der Waals surface area contributed by atoms with Crippen LogP contribution in [0.4, 0.5) is 9.18 Å². The van der Waals surface area contributed by atoms with Crippen LogP contribution in [-0.2, 0) is 15.3 Å². The lowest BCUT2D eigenvalue weighted by atomic mass is 10.0. The molecule has 0 saturated carbocycles. The van der Waals surface area contributed by atoms with Gasteiger partial charge in [0.05, 0.1) is 19.3 Å². The molecular formula is C22H22FN3O6. The molecule has 3 heterocycles. The number of amides is 1. The number of hydrogen-bond acceptors (Lipinski definition) is 7. The molecule has 32 heavy (non-hydrogen) atoms. The van der Waals surface area contributed by atoms with E-state index in [1.54, 1.807) is 24.3 Å². The van der Waals surface area contributed by atoms with E-state index in [1.807, 2.05) is 12.2 Å². The highest BCUT2D eigenvalue weighted by Gasteiger charge is 2.40. The summed E-state index contributed by atoms with van der Waals surface area (Å²) in [6, 6.07) is 8.51. The second kappa shape index (κ2) is 9.75. The highest BCUT2D eigenvalue weighted by Crippen LogP contribution is 2.35. The number of ether oxygens (including phenoxy) is 2. The van der Waals surface area contributed by atoms with Crippen molar-refractivity contribution in [1.29, 1.82) is 0 Å². The first kappa shape index (κ1) is 21.7. The van der Waals surface area contributed by atoms with E-state index in [0.717, 1.165) is 0 Å². The van der Waals surface area contributed by atoms with Gasteiger partial charge in [0.2, 0.25) is 5.79 Å². The van der Waals surface area contributed by atoms with Gasteiger partial charge in [0, 0.05) is 24.1 Å². The molecule has 10 heteroatoms. The summed E-state index contributed by atoms with van der Waals surface area (Å²) in [5, 5.41) is 19.6. The van der Waals surface area contributed by atoms with Crippen molar-refractivity contribution in [3.63, 3.8) is 0 Å². The number of aromatic nitrogens is 2. The lowest BCUT2D eigenvalue weighted by Gasteiger charge is -2.24. The predicted molar refractivity (Wildman–Crippen MR) is 109 cm³/mol. The van der Waals surface area contributed by atoms with E-state index in [9.17, 15) is 14.3 Å². The number of halogens is 1. The molecule has 9 nitrogen and oxygen atoms in total. The monoisotopic (exact) mass is 443 g/mol. The summed E-state index contributed by atoms with van der Waals surface area (Å²) in [7, 11) is 0. The molecule has 0 spiro atoms. The fourth-order valence-corrected chi connectivity index (χ4v) is 3.51. The van der Waals surface area contributed by atoms with Gasteiger partial charge in [0.25, 0.3) is 0 Å². The minimum Gasteiger partial charge on any atom is -0.465 e. The fraction of sp³-hybridized carbons (Fsp3) is 0.318. The van der Waals surface area contributed by atoms with Crippen molar-refractivity contribution in [2.75, 3.05) is 13.2 Å². The molecule has 1 atom stereocenters. The van der Waals surface area contributed by atoms with Crippen LogP contribution in [0.5, 0.6) is 0 Å². The second-order valence-electron chi connectivity index (χ2n) is 7.21. The summed E-state index contributed by atoms with van der Waals surface area (Å²) >= 11 is 0. The Hall–Kier alpha value is -3.50. The second-order valence-corrected chi connectivity index (χ2v) is 7.21. The number of nitrogens with zero attached hydrogens (tertiary/aromatic N) is 2. The highest BCUT2D eigenvalue weighted by molar-refractivity contribution is 5.65. The Morgan fingerprint density at radius 3 is 2.66 bits per heavy atom. The third-order valence-corrected chi connectivity index (χ3v) is 5.07. The Balaban J connectivity index is 1.38. The molecular weight excluding hydrogens is 421 g/mol. The molecule has 1 amide bonds. The standard InChI is InChI=1S/C22H22FN3O6/c23-16-7-5-15(6-8-16)19-14-18(25-32-19)17(24-21(27)28)4-2-1-3-10-22(29-12-13-30-22)20-9-11-31-26-20/h1-2,5-9,11,14,17,24H,3-4,10,12-13H2,(H,27,28). The summed E-state index contributed by atoms with van der Waals surface area (Å²) in [6.45, 7) is 0.952. The average molecular weight is 443 g/mol. The van der Waals surface area contributed by atoms with Crippen molar-refractivity contribution < 1.29 is 32.8 Å². The van der Waals surface area contributed by atoms with Gasteiger partial charge in [-0.1, -0.05) is 22.5 Å². The molecule has 168 valence electrons. The topological polar surface area (TPSA) is 120 Å². The molecule has 2 N–H and O–H groups in total. The van der Waals surface area contributed by atoms with Crippen molar-refractivity contribution in [3.8, 4) is 11.3 Å². The van der Waals surface area contributed by atoms with Gasteiger partial charge in [-0.3, -0.25) is 0 Å². The average Bonchev–Trinajstić information content (AvgIpc) is 3.55. The number of carboxylic acid groups (broad SMARTS) is 1. The van der Waals surface area contributed by atoms with Crippen LogP contribution in [0.15, 0.2) is 63.9 Å². The first-order valence-electron chi connectivity index (χ1n) is 10.1. The molecule has 0 aliphatic carbocycles. The maximum Gasteiger partial charge on any atom is 0.405 e. The third kappa shape index (κ3) is 5.04. The molecule has 2 aromatic heterocycles. The lowest BCUT2D eigenvalue weighted by molar-refractivity contribution is -0.174. The summed E-state index contributed by atoms with van der Waals surface area (Å²) in [4.78, 5) is 11.2. The van der Waals surface area contributed by atoms with E-state index in [-0.39, 0.29) is 5.82 Å². The Bertz CT molecular complexity index is 1040. The SMILES string of the molecule is O=C(O)NC(CC=CCCC1(c2ccon2)OCCO1)c1cc(-c2ccc(F)cc2)on1. The molecule has 1 saturated heterocycles. The zero-order chi connectivity index (χ0) is 22.4. The normalized spacial score (nSPS) is 16.4. The van der Waals surface area contributed by atoms with E-state index < -0.39 is 17.9 Å². The molecule has 0 radical (unpaired) electrons. The molecule has 1 unspecified atom stereocenters. The zero-order valence-electron chi connectivity index (χ0n) is 17.1. The Kier molecular flexibility index (Phi) is 6.62. The van der Waals surface area contributed by atoms with Crippen molar-refractivity contribution in [1.82, 2.24) is 15.6 Å². The Labute approximate surface area is 182 Å². The predicted octanol–water partition coefficient (Wildman–Crippen LogP) is 4.40. The number of allylic oxidation sites excluding steroid dienone is 1. The van der Waals surface area contributed by atoms with Gasteiger partial charge in [-0.2, -0.15) is 0 Å². The fourth-order valence-electron chi connectivity index (χ4n) is 3.51. The number of hydrogen-bond donors (Lipinski definition) is 2. The minimum atomic E-state index is -1.17. The summed E-state index contributed by atoms with van der Waals surface area (Å²) < 4.78 is 34.9. The van der Waals surface area contributed by atoms with Gasteiger partial charge in [-0.05, 0) is 37.1 Å². The van der Waals surface area contributed by atoms with Crippen LogP contribution in [0, 0.1) is 5.82 Å². The van der Waals surface area contributed by atoms with E-state index in [0.29, 0.717) is 55.2 Å². The number of rotatable bonds is 9. The smallest absolute Gasteiger partial charge is 0.405 e. The van der Waals surface area contributed by atoms with Crippen LogP contribution in [0.1, 0.15) is 36.7 Å². The zero-order valence-corrected chi connectivity index (χ0v) is 17.1. The quantitative estimate of drug-likeness (QED) is 0.467. The van der Waals surface area contributed by atoms with E-state index in [4.69, 9.17) is 18.5 Å². The van der Waals surface area contributed by atoms with Gasteiger partial charge in [0.15, 0.2) is 5.76 Å². The first-order chi connectivity index (χ1) is 15.6. The number of carbonyl (C=O) groups is 1. The maximum atomic E-state index is 13.1. The van der Waals surface area contributed by atoms with Crippen LogP contribution in [0.2, 0.25) is 0 Å². The Morgan fingerprint density at radius 2 is 1.97 bits per heavy atom. The molecule has 3 aromatic rings. The van der Waals surface area contributed by atoms with Gasteiger partial charge < -0.3 is 28.9 Å². The van der Waals surface area contributed by atoms with E-state index in [1.165, 1.54) is 18.4 Å². The first-order valence-corrected chi connectivity index (χ1v) is 10.1. The van der Waals surface area contributed by atoms with Gasteiger partial charge in [0.1, 0.15) is 23.5 Å². The van der Waals surface area contributed by atoms with Gasteiger partial charge >= 0.3 is 6.09 Å². The molecule has 1 aliphatic heterocycles. The van der Waals surface area contributed by atoms with E-state index in [2.05, 4.69) is 15.6 Å².